The Labute approximate surface area is 83.9 Å². The summed E-state index contributed by atoms with van der Waals surface area (Å²) >= 11 is 0. The lowest BCUT2D eigenvalue weighted by Gasteiger charge is -2.07. The van der Waals surface area contributed by atoms with Gasteiger partial charge in [0.15, 0.2) is 11.6 Å². The van der Waals surface area contributed by atoms with Crippen LogP contribution in [-0.2, 0) is 0 Å². The number of rotatable bonds is 3. The second-order valence-corrected chi connectivity index (χ2v) is 3.62. The third-order valence-corrected chi connectivity index (χ3v) is 2.10. The number of carbonyl (C=O) groups is 2. The molecule has 1 aromatic carbocycles. The fraction of sp³-hybridized carbons (Fsp3) is 0.333. The van der Waals surface area contributed by atoms with Gasteiger partial charge in [-0.15, -0.1) is 0 Å². The van der Waals surface area contributed by atoms with E-state index in [-0.39, 0.29) is 17.5 Å². The lowest BCUT2D eigenvalue weighted by molar-refractivity contribution is 0.0927. The molecule has 0 unspecified atom stereocenters. The maximum atomic E-state index is 11.7. The van der Waals surface area contributed by atoms with Crippen molar-refractivity contribution in [2.24, 2.45) is 5.92 Å². The molecule has 0 aliphatic rings. The normalized spacial score (nSPS) is 10.3. The van der Waals surface area contributed by atoms with E-state index in [2.05, 4.69) is 0 Å². The van der Waals surface area contributed by atoms with Gasteiger partial charge in [-0.3, -0.25) is 9.59 Å². The highest BCUT2D eigenvalue weighted by molar-refractivity contribution is 6.08. The average molecular weight is 190 g/mol. The Morgan fingerprint density at radius 3 is 2.00 bits per heavy atom. The number of carbonyl (C=O) groups excluding carboxylic acids is 2. The van der Waals surface area contributed by atoms with E-state index in [0.29, 0.717) is 11.1 Å². The minimum atomic E-state index is -0.0736. The van der Waals surface area contributed by atoms with E-state index in [1.807, 2.05) is 13.8 Å². The Balaban J connectivity index is 3.20. The molecule has 0 saturated heterocycles. The fourth-order valence-corrected chi connectivity index (χ4v) is 1.32. The quantitative estimate of drug-likeness (QED) is 0.687. The average Bonchev–Trinajstić information content (AvgIpc) is 2.16. The Hall–Kier alpha value is -1.44. The van der Waals surface area contributed by atoms with Crippen molar-refractivity contribution in [1.29, 1.82) is 0 Å². The number of Topliss-reactive ketones (excluding diaryl/α,β-unsaturated/α-hetero) is 2. The van der Waals surface area contributed by atoms with Crippen LogP contribution in [0.25, 0.3) is 0 Å². The van der Waals surface area contributed by atoms with Gasteiger partial charge in [-0.2, -0.15) is 0 Å². The summed E-state index contributed by atoms with van der Waals surface area (Å²) in [6, 6.07) is 6.95. The maximum absolute atomic E-state index is 11.7. The van der Waals surface area contributed by atoms with E-state index in [0.717, 1.165) is 0 Å². The summed E-state index contributed by atoms with van der Waals surface area (Å²) in [5.74, 6) is -0.110. The third kappa shape index (κ3) is 2.08. The van der Waals surface area contributed by atoms with Gasteiger partial charge < -0.3 is 0 Å². The molecule has 74 valence electrons. The van der Waals surface area contributed by atoms with Crippen molar-refractivity contribution in [1.82, 2.24) is 0 Å². The summed E-state index contributed by atoms with van der Waals surface area (Å²) in [6.07, 6.45) is 0. The molecule has 0 fully saturated rings. The molecule has 0 bridgehead atoms. The SMILES string of the molecule is CC(=O)c1ccccc1C(=O)C(C)C. The topological polar surface area (TPSA) is 34.1 Å². The van der Waals surface area contributed by atoms with Crippen LogP contribution >= 0.6 is 0 Å². The van der Waals surface area contributed by atoms with Crippen LogP contribution in [0.2, 0.25) is 0 Å². The molecule has 0 saturated carbocycles. The molecular formula is C12H14O2. The predicted molar refractivity (Wildman–Crippen MR) is 55.6 cm³/mol. The summed E-state index contributed by atoms with van der Waals surface area (Å²) in [4.78, 5) is 23.0. The lowest BCUT2D eigenvalue weighted by atomic mass is 9.95. The highest BCUT2D eigenvalue weighted by Gasteiger charge is 2.15. The Morgan fingerprint density at radius 1 is 1.07 bits per heavy atom. The molecule has 0 atom stereocenters. The van der Waals surface area contributed by atoms with Gasteiger partial charge in [0.2, 0.25) is 0 Å². The van der Waals surface area contributed by atoms with Crippen LogP contribution in [0.5, 0.6) is 0 Å². The zero-order valence-electron chi connectivity index (χ0n) is 8.70. The van der Waals surface area contributed by atoms with Crippen molar-refractivity contribution in [2.75, 3.05) is 0 Å². The molecular weight excluding hydrogens is 176 g/mol. The lowest BCUT2D eigenvalue weighted by Crippen LogP contribution is -2.12. The highest BCUT2D eigenvalue weighted by Crippen LogP contribution is 2.14. The number of hydrogen-bond acceptors (Lipinski definition) is 2. The first-order valence-corrected chi connectivity index (χ1v) is 4.68. The summed E-state index contributed by atoms with van der Waals surface area (Å²) in [6.45, 7) is 5.14. The first-order valence-electron chi connectivity index (χ1n) is 4.68. The monoisotopic (exact) mass is 190 g/mol. The van der Waals surface area contributed by atoms with E-state index in [4.69, 9.17) is 0 Å². The molecule has 0 heterocycles. The molecule has 0 radical (unpaired) electrons. The van der Waals surface area contributed by atoms with Crippen LogP contribution in [0.4, 0.5) is 0 Å². The largest absolute Gasteiger partial charge is 0.294 e. The van der Waals surface area contributed by atoms with Crippen molar-refractivity contribution in [3.63, 3.8) is 0 Å². The summed E-state index contributed by atoms with van der Waals surface area (Å²) in [7, 11) is 0. The van der Waals surface area contributed by atoms with Crippen LogP contribution in [0, 0.1) is 5.92 Å². The number of benzene rings is 1. The van der Waals surface area contributed by atoms with Crippen LogP contribution in [0.15, 0.2) is 24.3 Å². The van der Waals surface area contributed by atoms with Crippen molar-refractivity contribution in [2.45, 2.75) is 20.8 Å². The van der Waals surface area contributed by atoms with Gasteiger partial charge in [-0.05, 0) is 6.92 Å². The zero-order valence-corrected chi connectivity index (χ0v) is 8.70. The first kappa shape index (κ1) is 10.6. The van der Waals surface area contributed by atoms with Crippen LogP contribution in [0.1, 0.15) is 41.5 Å². The van der Waals surface area contributed by atoms with Gasteiger partial charge in [0.05, 0.1) is 0 Å². The van der Waals surface area contributed by atoms with Crippen LogP contribution in [0.3, 0.4) is 0 Å². The highest BCUT2D eigenvalue weighted by atomic mass is 16.1. The fourth-order valence-electron chi connectivity index (χ4n) is 1.32. The number of hydrogen-bond donors (Lipinski definition) is 0. The van der Waals surface area contributed by atoms with Crippen LogP contribution in [-0.4, -0.2) is 11.6 Å². The Morgan fingerprint density at radius 2 is 1.57 bits per heavy atom. The molecule has 2 heteroatoms. The van der Waals surface area contributed by atoms with E-state index in [9.17, 15) is 9.59 Å². The number of ketones is 2. The summed E-state index contributed by atoms with van der Waals surface area (Å²) < 4.78 is 0. The van der Waals surface area contributed by atoms with Gasteiger partial charge in [0.1, 0.15) is 0 Å². The molecule has 14 heavy (non-hydrogen) atoms. The predicted octanol–water partition coefficient (Wildman–Crippen LogP) is 2.73. The maximum Gasteiger partial charge on any atom is 0.166 e. The molecule has 0 aliphatic heterocycles. The third-order valence-electron chi connectivity index (χ3n) is 2.10. The molecule has 1 aromatic rings. The van der Waals surface area contributed by atoms with Crippen molar-refractivity contribution in [3.8, 4) is 0 Å². The summed E-state index contributed by atoms with van der Waals surface area (Å²) in [5, 5.41) is 0. The van der Waals surface area contributed by atoms with Crippen LogP contribution < -0.4 is 0 Å². The van der Waals surface area contributed by atoms with E-state index >= 15 is 0 Å². The molecule has 0 aliphatic carbocycles. The molecule has 0 aromatic heterocycles. The second-order valence-electron chi connectivity index (χ2n) is 3.62. The molecule has 0 spiro atoms. The Bertz CT molecular complexity index is 364. The minimum absolute atomic E-state index is 0.0239. The van der Waals surface area contributed by atoms with Gasteiger partial charge in [-0.1, -0.05) is 38.1 Å². The van der Waals surface area contributed by atoms with Gasteiger partial charge in [-0.25, -0.2) is 0 Å². The molecule has 0 N–H and O–H groups in total. The molecule has 2 nitrogen and oxygen atoms in total. The van der Waals surface area contributed by atoms with Crippen molar-refractivity contribution in [3.05, 3.63) is 35.4 Å². The molecule has 0 amide bonds. The Kier molecular flexibility index (Phi) is 3.18. The van der Waals surface area contributed by atoms with Gasteiger partial charge in [0.25, 0.3) is 0 Å². The zero-order chi connectivity index (χ0) is 10.7. The molecule has 1 rings (SSSR count). The summed E-state index contributed by atoms with van der Waals surface area (Å²) in [5.41, 5.74) is 1.06. The van der Waals surface area contributed by atoms with Gasteiger partial charge in [0, 0.05) is 17.0 Å². The van der Waals surface area contributed by atoms with Crippen molar-refractivity contribution < 1.29 is 9.59 Å². The minimum Gasteiger partial charge on any atom is -0.294 e. The van der Waals surface area contributed by atoms with Crippen molar-refractivity contribution >= 4 is 11.6 Å². The van der Waals surface area contributed by atoms with Gasteiger partial charge >= 0.3 is 0 Å². The smallest absolute Gasteiger partial charge is 0.166 e. The second kappa shape index (κ2) is 4.18. The standard InChI is InChI=1S/C12H14O2/c1-8(2)12(14)11-7-5-4-6-10(11)9(3)13/h4-8H,1-3H3. The van der Waals surface area contributed by atoms with E-state index < -0.39 is 0 Å². The first-order chi connectivity index (χ1) is 6.54. The van der Waals surface area contributed by atoms with E-state index in [1.165, 1.54) is 6.92 Å². The van der Waals surface area contributed by atoms with E-state index in [1.54, 1.807) is 24.3 Å².